The molecule has 0 amide bonds. The Morgan fingerprint density at radius 3 is 2.15 bits per heavy atom. The van der Waals surface area contributed by atoms with Crippen molar-refractivity contribution < 1.29 is 13.6 Å². The number of hydrogen-bond acceptors (Lipinski definition) is 3. The molecule has 0 aromatic carbocycles. The van der Waals surface area contributed by atoms with Gasteiger partial charge in [0.25, 0.3) is 5.85 Å². The number of rotatable bonds is 4. The van der Waals surface area contributed by atoms with Crippen LogP contribution in [-0.2, 0) is 13.6 Å². The highest BCUT2D eigenvalue weighted by atomic mass is 35.9. The average Bonchev–Trinajstić information content (AvgIpc) is 2.01. The van der Waals surface area contributed by atoms with Gasteiger partial charge in [0.1, 0.15) is 11.9 Å². The summed E-state index contributed by atoms with van der Waals surface area (Å²) in [6.45, 7) is 0. The summed E-state index contributed by atoms with van der Waals surface area (Å²) >= 11 is 26.2. The van der Waals surface area contributed by atoms with E-state index in [9.17, 15) is 9.36 Å². The van der Waals surface area contributed by atoms with E-state index < -0.39 is 16.4 Å². The van der Waals surface area contributed by atoms with Crippen molar-refractivity contribution in [2.24, 2.45) is 0 Å². The molecule has 0 aliphatic rings. The van der Waals surface area contributed by atoms with E-state index in [4.69, 9.17) is 57.5 Å². The lowest BCUT2D eigenvalue weighted by molar-refractivity contribution is -0.134. The van der Waals surface area contributed by atoms with Crippen molar-refractivity contribution in [3.63, 3.8) is 0 Å². The molecule has 0 spiro atoms. The standard InChI is InChI=1S/C4H4Cl5O3P/c5-2-1-4(6,3(10)12-7)13(8,9)11/h1-2H2. The van der Waals surface area contributed by atoms with Gasteiger partial charge in [-0.3, -0.25) is 4.57 Å². The van der Waals surface area contributed by atoms with E-state index in [1.165, 1.54) is 0 Å². The second-order valence-electron chi connectivity index (χ2n) is 2.03. The molecule has 3 nitrogen and oxygen atoms in total. The SMILES string of the molecule is O=C(OCl)C(Cl)(CCCl)P(=O)(Cl)Cl. The Morgan fingerprint density at radius 1 is 1.46 bits per heavy atom. The smallest absolute Gasteiger partial charge is 0.345 e. The third-order valence-electron chi connectivity index (χ3n) is 1.22. The van der Waals surface area contributed by atoms with Crippen LogP contribution in [0.4, 0.5) is 0 Å². The molecule has 1 atom stereocenters. The minimum absolute atomic E-state index is 0.0566. The van der Waals surface area contributed by atoms with Gasteiger partial charge in [0.05, 0.1) is 0 Å². The van der Waals surface area contributed by atoms with Crippen LogP contribution in [0.15, 0.2) is 0 Å². The van der Waals surface area contributed by atoms with Crippen LogP contribution in [0.2, 0.25) is 0 Å². The summed E-state index contributed by atoms with van der Waals surface area (Å²) in [5, 5.41) is 0. The molecule has 0 fully saturated rings. The van der Waals surface area contributed by atoms with Gasteiger partial charge < -0.3 is 4.29 Å². The van der Waals surface area contributed by atoms with Crippen molar-refractivity contribution in [1.82, 2.24) is 0 Å². The van der Waals surface area contributed by atoms with Crippen molar-refractivity contribution in [3.05, 3.63) is 0 Å². The fraction of sp³-hybridized carbons (Fsp3) is 0.750. The Kier molecular flexibility index (Phi) is 5.76. The first-order valence-electron chi connectivity index (χ1n) is 2.87. The fourth-order valence-electron chi connectivity index (χ4n) is 0.523. The fourth-order valence-corrected chi connectivity index (χ4v) is 2.94. The van der Waals surface area contributed by atoms with Crippen LogP contribution in [0.3, 0.4) is 0 Å². The number of alkyl halides is 2. The zero-order valence-corrected chi connectivity index (χ0v) is 10.7. The summed E-state index contributed by atoms with van der Waals surface area (Å²) in [4.78, 5) is 11.0. The van der Waals surface area contributed by atoms with Gasteiger partial charge in [-0.1, -0.05) is 11.6 Å². The maximum atomic E-state index is 11.2. The monoisotopic (exact) mass is 306 g/mol. The van der Waals surface area contributed by atoms with E-state index >= 15 is 0 Å². The Labute approximate surface area is 99.7 Å². The van der Waals surface area contributed by atoms with Crippen molar-refractivity contribution in [2.75, 3.05) is 5.88 Å². The van der Waals surface area contributed by atoms with Crippen LogP contribution >= 0.6 is 63.4 Å². The first kappa shape index (κ1) is 14.2. The molecular weight excluding hydrogens is 304 g/mol. The molecule has 78 valence electrons. The predicted molar refractivity (Wildman–Crippen MR) is 55.2 cm³/mol. The van der Waals surface area contributed by atoms with Gasteiger partial charge in [-0.05, 0) is 22.5 Å². The number of carbonyl (C=O) groups is 1. The molecule has 0 aromatic heterocycles. The van der Waals surface area contributed by atoms with E-state index in [1.54, 1.807) is 0 Å². The van der Waals surface area contributed by atoms with Gasteiger partial charge in [0.2, 0.25) is 4.62 Å². The van der Waals surface area contributed by atoms with Gasteiger partial charge in [0, 0.05) is 12.3 Å². The van der Waals surface area contributed by atoms with Crippen molar-refractivity contribution in [3.8, 4) is 0 Å². The highest BCUT2D eigenvalue weighted by molar-refractivity contribution is 8.10. The van der Waals surface area contributed by atoms with Crippen LogP contribution < -0.4 is 0 Å². The van der Waals surface area contributed by atoms with Gasteiger partial charge in [-0.15, -0.1) is 11.6 Å². The van der Waals surface area contributed by atoms with E-state index in [0.29, 0.717) is 0 Å². The second kappa shape index (κ2) is 5.29. The zero-order chi connectivity index (χ0) is 10.7. The molecule has 0 aliphatic heterocycles. The van der Waals surface area contributed by atoms with E-state index in [-0.39, 0.29) is 12.3 Å². The van der Waals surface area contributed by atoms with E-state index in [2.05, 4.69) is 4.29 Å². The first-order chi connectivity index (χ1) is 5.79. The minimum Gasteiger partial charge on any atom is -0.345 e. The lowest BCUT2D eigenvalue weighted by atomic mass is 10.3. The Morgan fingerprint density at radius 2 is 1.92 bits per heavy atom. The summed E-state index contributed by atoms with van der Waals surface area (Å²) < 4.78 is 12.9. The summed E-state index contributed by atoms with van der Waals surface area (Å²) in [7, 11) is 0. The quantitative estimate of drug-likeness (QED) is 0.584. The molecule has 9 heteroatoms. The molecule has 0 saturated carbocycles. The topological polar surface area (TPSA) is 43.4 Å². The maximum Gasteiger partial charge on any atom is 0.355 e. The number of carbonyl (C=O) groups excluding carboxylic acids is 1. The molecular formula is C4H4Cl5O3P. The Hall–Kier alpha value is 1.15. The summed E-state index contributed by atoms with van der Waals surface area (Å²) in [5.74, 6) is -5.14. The molecule has 0 N–H and O–H groups in total. The van der Waals surface area contributed by atoms with Gasteiger partial charge in [-0.25, -0.2) is 4.79 Å². The highest BCUT2D eigenvalue weighted by Crippen LogP contribution is 2.70. The molecule has 0 bridgehead atoms. The van der Waals surface area contributed by atoms with Crippen molar-refractivity contribution in [1.29, 1.82) is 0 Å². The van der Waals surface area contributed by atoms with Crippen LogP contribution in [0.1, 0.15) is 6.42 Å². The normalized spacial score (nSPS) is 16.4. The molecule has 0 rings (SSSR count). The Bertz CT molecular complexity index is 240. The lowest BCUT2D eigenvalue weighted by Crippen LogP contribution is -2.30. The van der Waals surface area contributed by atoms with Crippen LogP contribution in [-0.4, -0.2) is 16.5 Å². The van der Waals surface area contributed by atoms with Gasteiger partial charge in [-0.2, -0.15) is 0 Å². The van der Waals surface area contributed by atoms with E-state index in [1.807, 2.05) is 0 Å². The Balaban J connectivity index is 4.95. The third kappa shape index (κ3) is 3.33. The minimum atomic E-state index is -3.91. The van der Waals surface area contributed by atoms with E-state index in [0.717, 1.165) is 0 Å². The first-order valence-corrected chi connectivity index (χ1v) is 7.60. The third-order valence-corrected chi connectivity index (χ3v) is 6.09. The average molecular weight is 308 g/mol. The largest absolute Gasteiger partial charge is 0.355 e. The van der Waals surface area contributed by atoms with Gasteiger partial charge >= 0.3 is 5.97 Å². The molecule has 0 radical (unpaired) electrons. The molecule has 0 heterocycles. The number of halogens is 5. The van der Waals surface area contributed by atoms with Crippen molar-refractivity contribution >= 4 is 69.4 Å². The van der Waals surface area contributed by atoms with Crippen LogP contribution in [0.5, 0.6) is 0 Å². The maximum absolute atomic E-state index is 11.2. The number of hydrogen-bond donors (Lipinski definition) is 0. The summed E-state index contributed by atoms with van der Waals surface area (Å²) in [6, 6.07) is 0. The highest BCUT2D eigenvalue weighted by Gasteiger charge is 2.52. The molecule has 0 saturated heterocycles. The second-order valence-corrected chi connectivity index (χ2v) is 8.53. The van der Waals surface area contributed by atoms with Crippen molar-refractivity contribution in [2.45, 2.75) is 11.0 Å². The van der Waals surface area contributed by atoms with Crippen LogP contribution in [0.25, 0.3) is 0 Å². The zero-order valence-electron chi connectivity index (χ0n) is 5.98. The van der Waals surface area contributed by atoms with Crippen LogP contribution in [0, 0.1) is 0 Å². The predicted octanol–water partition coefficient (Wildman–Crippen LogP) is 3.92. The van der Waals surface area contributed by atoms with Gasteiger partial charge in [0.15, 0.2) is 0 Å². The summed E-state index contributed by atoms with van der Waals surface area (Å²) in [5.41, 5.74) is 0. The molecule has 0 aliphatic carbocycles. The molecule has 13 heavy (non-hydrogen) atoms. The summed E-state index contributed by atoms with van der Waals surface area (Å²) in [6.07, 6.45) is -0.202. The molecule has 0 aromatic rings. The molecule has 1 unspecified atom stereocenters. The lowest BCUT2D eigenvalue weighted by Gasteiger charge is -2.22.